The second-order valence-electron chi connectivity index (χ2n) is 7.82. The van der Waals surface area contributed by atoms with Gasteiger partial charge in [-0.15, -0.1) is 0 Å². The average molecular weight is 396 g/mol. The first-order valence-electron chi connectivity index (χ1n) is 10.1. The molecule has 0 spiro atoms. The Morgan fingerprint density at radius 3 is 2.17 bits per heavy atom. The normalized spacial score (nSPS) is 19.8. The third-order valence-corrected chi connectivity index (χ3v) is 5.48. The van der Waals surface area contributed by atoms with Crippen molar-refractivity contribution >= 4 is 11.8 Å². The molecule has 0 saturated carbocycles. The Hall–Kier alpha value is -2.70. The van der Waals surface area contributed by atoms with Crippen molar-refractivity contribution < 1.29 is 14.8 Å². The van der Waals surface area contributed by atoms with Crippen LogP contribution in [-0.4, -0.2) is 52.0 Å². The number of aryl methyl sites for hydroxylation is 1. The van der Waals surface area contributed by atoms with Crippen LogP contribution in [0.15, 0.2) is 54.6 Å². The summed E-state index contributed by atoms with van der Waals surface area (Å²) in [4.78, 5) is 28.7. The molecule has 0 unspecified atom stereocenters. The van der Waals surface area contributed by atoms with Gasteiger partial charge in [-0.25, -0.2) is 5.48 Å². The predicted octanol–water partition coefficient (Wildman–Crippen LogP) is 2.86. The lowest BCUT2D eigenvalue weighted by atomic mass is 10.0. The van der Waals surface area contributed by atoms with Gasteiger partial charge in [0.2, 0.25) is 5.91 Å². The van der Waals surface area contributed by atoms with Gasteiger partial charge in [0.15, 0.2) is 0 Å². The van der Waals surface area contributed by atoms with Crippen LogP contribution in [0.2, 0.25) is 0 Å². The summed E-state index contributed by atoms with van der Waals surface area (Å²) in [5, 5.41) is 8.71. The summed E-state index contributed by atoms with van der Waals surface area (Å²) < 4.78 is 0. The Morgan fingerprint density at radius 2 is 1.59 bits per heavy atom. The van der Waals surface area contributed by atoms with Crippen LogP contribution >= 0.6 is 0 Å². The number of nitrogens with one attached hydrogen (secondary N) is 1. The zero-order valence-electron chi connectivity index (χ0n) is 17.0. The van der Waals surface area contributed by atoms with E-state index in [1.807, 2.05) is 35.2 Å². The van der Waals surface area contributed by atoms with Crippen LogP contribution in [-0.2, 0) is 17.8 Å². The Kier molecular flexibility index (Phi) is 7.01. The Morgan fingerprint density at radius 1 is 0.966 bits per heavy atom. The molecule has 2 amide bonds. The van der Waals surface area contributed by atoms with Crippen molar-refractivity contribution in [3.05, 3.63) is 71.3 Å². The van der Waals surface area contributed by atoms with Crippen LogP contribution in [0.4, 0.5) is 0 Å². The molecule has 1 aliphatic heterocycles. The molecule has 1 aliphatic rings. The molecule has 1 heterocycles. The van der Waals surface area contributed by atoms with E-state index in [1.54, 1.807) is 17.6 Å². The monoisotopic (exact) mass is 395 g/mol. The number of carbonyl (C=O) groups excluding carboxylic acids is 2. The van der Waals surface area contributed by atoms with E-state index in [0.717, 1.165) is 31.6 Å². The van der Waals surface area contributed by atoms with Gasteiger partial charge in [-0.3, -0.25) is 19.7 Å². The first kappa shape index (κ1) is 21.0. The Bertz CT molecular complexity index is 811. The highest BCUT2D eigenvalue weighted by molar-refractivity contribution is 5.93. The number of rotatable bonds is 6. The summed E-state index contributed by atoms with van der Waals surface area (Å²) in [5.41, 5.74) is 4.36. The van der Waals surface area contributed by atoms with Crippen LogP contribution in [0.1, 0.15) is 41.8 Å². The lowest BCUT2D eigenvalue weighted by molar-refractivity contribution is -0.139. The van der Waals surface area contributed by atoms with Gasteiger partial charge >= 0.3 is 0 Å². The smallest absolute Gasteiger partial charge is 0.274 e. The fourth-order valence-electron chi connectivity index (χ4n) is 4.16. The molecule has 29 heavy (non-hydrogen) atoms. The molecular formula is C23H29N3O3. The van der Waals surface area contributed by atoms with Gasteiger partial charge in [-0.2, -0.15) is 0 Å². The predicted molar refractivity (Wildman–Crippen MR) is 112 cm³/mol. The van der Waals surface area contributed by atoms with Gasteiger partial charge in [-0.05, 0) is 43.5 Å². The quantitative estimate of drug-likeness (QED) is 0.583. The van der Waals surface area contributed by atoms with E-state index in [0.29, 0.717) is 12.0 Å². The summed E-state index contributed by atoms with van der Waals surface area (Å²) >= 11 is 0. The maximum atomic E-state index is 12.8. The van der Waals surface area contributed by atoms with Crippen molar-refractivity contribution in [3.63, 3.8) is 0 Å². The van der Waals surface area contributed by atoms with Crippen molar-refractivity contribution in [2.75, 3.05) is 13.1 Å². The van der Waals surface area contributed by atoms with E-state index in [2.05, 4.69) is 30.9 Å². The van der Waals surface area contributed by atoms with Gasteiger partial charge in [-0.1, -0.05) is 42.5 Å². The summed E-state index contributed by atoms with van der Waals surface area (Å²) in [6.45, 7) is 6.62. The van der Waals surface area contributed by atoms with E-state index in [4.69, 9.17) is 5.21 Å². The van der Waals surface area contributed by atoms with E-state index in [9.17, 15) is 9.59 Å². The van der Waals surface area contributed by atoms with Gasteiger partial charge in [0.25, 0.3) is 5.91 Å². The Balaban J connectivity index is 1.55. The first-order valence-corrected chi connectivity index (χ1v) is 10.1. The third kappa shape index (κ3) is 5.43. The zero-order valence-corrected chi connectivity index (χ0v) is 17.0. The highest BCUT2D eigenvalue weighted by atomic mass is 16.5. The second kappa shape index (κ2) is 9.67. The standard InChI is InChI=1S/C23H29N3O3/c1-17-14-25(16-20-8-11-21(12-9-20)23(28)24-29)15-18(2)26(17)22(27)13-10-19-6-4-3-5-7-19/h3-9,11-12,17-18,29H,10,13-16H2,1-2H3,(H,24,28)/t17-,18+. The van der Waals surface area contributed by atoms with E-state index in [-0.39, 0.29) is 18.0 Å². The van der Waals surface area contributed by atoms with Gasteiger partial charge in [0.05, 0.1) is 0 Å². The maximum Gasteiger partial charge on any atom is 0.274 e. The maximum absolute atomic E-state index is 12.8. The molecule has 0 bridgehead atoms. The molecule has 3 rings (SSSR count). The largest absolute Gasteiger partial charge is 0.335 e. The van der Waals surface area contributed by atoms with Crippen LogP contribution in [0.5, 0.6) is 0 Å². The second-order valence-corrected chi connectivity index (χ2v) is 7.82. The first-order chi connectivity index (χ1) is 14.0. The van der Waals surface area contributed by atoms with Gasteiger partial charge in [0.1, 0.15) is 0 Å². The fourth-order valence-corrected chi connectivity index (χ4v) is 4.16. The number of piperazine rings is 1. The molecule has 2 aromatic rings. The molecule has 6 heteroatoms. The number of hydrogen-bond acceptors (Lipinski definition) is 4. The molecule has 1 fully saturated rings. The lowest BCUT2D eigenvalue weighted by Gasteiger charge is -2.44. The zero-order chi connectivity index (χ0) is 20.8. The minimum atomic E-state index is -0.513. The number of nitrogens with zero attached hydrogens (tertiary/aromatic N) is 2. The van der Waals surface area contributed by atoms with E-state index >= 15 is 0 Å². The Labute approximate surface area is 172 Å². The molecule has 6 nitrogen and oxygen atoms in total. The summed E-state index contributed by atoms with van der Waals surface area (Å²) in [6.07, 6.45) is 1.31. The van der Waals surface area contributed by atoms with Crippen LogP contribution < -0.4 is 5.48 Å². The van der Waals surface area contributed by atoms with Gasteiger partial charge < -0.3 is 4.90 Å². The summed E-state index contributed by atoms with van der Waals surface area (Å²) in [7, 11) is 0. The van der Waals surface area contributed by atoms with E-state index < -0.39 is 5.91 Å². The number of benzene rings is 2. The average Bonchev–Trinajstić information content (AvgIpc) is 2.72. The molecule has 154 valence electrons. The number of hydrogen-bond donors (Lipinski definition) is 2. The molecule has 2 atom stereocenters. The third-order valence-electron chi connectivity index (χ3n) is 5.48. The van der Waals surface area contributed by atoms with E-state index in [1.165, 1.54) is 5.56 Å². The molecule has 0 aromatic heterocycles. The molecular weight excluding hydrogens is 366 g/mol. The van der Waals surface area contributed by atoms with Crippen molar-refractivity contribution in [2.45, 2.75) is 45.3 Å². The van der Waals surface area contributed by atoms with Crippen molar-refractivity contribution in [1.29, 1.82) is 0 Å². The highest BCUT2D eigenvalue weighted by Gasteiger charge is 2.32. The van der Waals surface area contributed by atoms with Crippen molar-refractivity contribution in [1.82, 2.24) is 15.3 Å². The molecule has 2 aromatic carbocycles. The van der Waals surface area contributed by atoms with Crippen molar-refractivity contribution in [3.8, 4) is 0 Å². The summed E-state index contributed by atoms with van der Waals surface area (Å²) in [6, 6.07) is 17.6. The fraction of sp³-hybridized carbons (Fsp3) is 0.391. The molecule has 0 radical (unpaired) electrons. The SMILES string of the molecule is C[C@@H]1CN(Cc2ccc(C(=O)NO)cc2)C[C@H](C)N1C(=O)CCc1ccccc1. The van der Waals surface area contributed by atoms with Crippen LogP contribution in [0, 0.1) is 0 Å². The number of amides is 2. The van der Waals surface area contributed by atoms with Crippen molar-refractivity contribution in [2.24, 2.45) is 0 Å². The minimum absolute atomic E-state index is 0.154. The number of carbonyl (C=O) groups is 2. The van der Waals surface area contributed by atoms with Gasteiger partial charge in [0, 0.05) is 43.7 Å². The minimum Gasteiger partial charge on any atom is -0.335 e. The number of hydroxylamine groups is 1. The molecule has 0 aliphatic carbocycles. The highest BCUT2D eigenvalue weighted by Crippen LogP contribution is 2.20. The van der Waals surface area contributed by atoms with Crippen LogP contribution in [0.25, 0.3) is 0 Å². The topological polar surface area (TPSA) is 72.9 Å². The summed E-state index contributed by atoms with van der Waals surface area (Å²) in [5.74, 6) is -0.297. The van der Waals surface area contributed by atoms with Crippen LogP contribution in [0.3, 0.4) is 0 Å². The lowest BCUT2D eigenvalue weighted by Crippen LogP contribution is -2.58. The molecule has 1 saturated heterocycles. The molecule has 2 N–H and O–H groups in total.